The molecule has 0 unspecified atom stereocenters. The van der Waals surface area contributed by atoms with Crippen molar-refractivity contribution in [1.82, 2.24) is 4.98 Å². The topological polar surface area (TPSA) is 71.1 Å². The fourth-order valence-corrected chi connectivity index (χ4v) is 3.80. The Bertz CT molecular complexity index is 1230. The summed E-state index contributed by atoms with van der Waals surface area (Å²) in [6, 6.07) is 27.6. The van der Waals surface area contributed by atoms with Crippen molar-refractivity contribution >= 4 is 35.0 Å². The van der Waals surface area contributed by atoms with E-state index in [1.807, 2.05) is 67.6 Å². The highest BCUT2D eigenvalue weighted by molar-refractivity contribution is 7.99. The lowest BCUT2D eigenvalue weighted by atomic mass is 10.1. The molecule has 158 valence electrons. The molecule has 4 aromatic rings. The lowest BCUT2D eigenvalue weighted by Crippen LogP contribution is -2.14. The van der Waals surface area contributed by atoms with Crippen LogP contribution in [0.2, 0.25) is 0 Å². The largest absolute Gasteiger partial charge is 0.322 e. The Kier molecular flexibility index (Phi) is 6.63. The highest BCUT2D eigenvalue weighted by Gasteiger charge is 2.11. The second kappa shape index (κ2) is 9.94. The molecule has 1 aromatic heterocycles. The number of nitrogens with one attached hydrogen (secondary N) is 2. The number of pyridine rings is 1. The zero-order valence-corrected chi connectivity index (χ0v) is 18.2. The Labute approximate surface area is 190 Å². The van der Waals surface area contributed by atoms with E-state index in [1.165, 1.54) is 11.8 Å². The maximum absolute atomic E-state index is 12.8. The van der Waals surface area contributed by atoms with E-state index in [-0.39, 0.29) is 11.8 Å². The minimum Gasteiger partial charge on any atom is -0.322 e. The third kappa shape index (κ3) is 5.42. The van der Waals surface area contributed by atoms with Gasteiger partial charge >= 0.3 is 0 Å². The molecule has 0 aliphatic carbocycles. The van der Waals surface area contributed by atoms with Gasteiger partial charge in [0.2, 0.25) is 0 Å². The molecule has 0 bridgehead atoms. The van der Waals surface area contributed by atoms with Crippen LogP contribution < -0.4 is 10.6 Å². The van der Waals surface area contributed by atoms with Crippen LogP contribution in [0, 0.1) is 6.92 Å². The molecule has 0 saturated heterocycles. The molecule has 0 spiro atoms. The van der Waals surface area contributed by atoms with Crippen molar-refractivity contribution in [1.29, 1.82) is 0 Å². The van der Waals surface area contributed by atoms with E-state index in [2.05, 4.69) is 15.6 Å². The van der Waals surface area contributed by atoms with E-state index in [9.17, 15) is 9.59 Å². The molecular weight excluding hydrogens is 418 g/mol. The molecular formula is C26H21N3O2S. The lowest BCUT2D eigenvalue weighted by molar-refractivity contribution is 0.101. The van der Waals surface area contributed by atoms with Gasteiger partial charge in [-0.05, 0) is 73.2 Å². The van der Waals surface area contributed by atoms with Crippen molar-refractivity contribution in [2.24, 2.45) is 0 Å². The number of aryl methyl sites for hydroxylation is 1. The third-order valence-corrected chi connectivity index (χ3v) is 5.71. The van der Waals surface area contributed by atoms with Crippen LogP contribution in [0.15, 0.2) is 107 Å². The molecule has 2 amide bonds. The van der Waals surface area contributed by atoms with E-state index in [4.69, 9.17) is 0 Å². The van der Waals surface area contributed by atoms with E-state index in [1.54, 1.807) is 36.5 Å². The Balaban J connectivity index is 1.43. The van der Waals surface area contributed by atoms with Crippen LogP contribution in [0.25, 0.3) is 0 Å². The van der Waals surface area contributed by atoms with Crippen molar-refractivity contribution in [2.45, 2.75) is 16.8 Å². The SMILES string of the molecule is Cc1ccc(NC(=O)c2ccccc2)cc1NC(=O)c1ccc(Sc2ccccn2)cc1. The van der Waals surface area contributed by atoms with Gasteiger partial charge < -0.3 is 10.6 Å². The van der Waals surface area contributed by atoms with E-state index in [0.29, 0.717) is 22.5 Å². The lowest BCUT2D eigenvalue weighted by Gasteiger charge is -2.12. The van der Waals surface area contributed by atoms with Crippen LogP contribution in [-0.2, 0) is 0 Å². The fraction of sp³-hybridized carbons (Fsp3) is 0.0385. The third-order valence-electron chi connectivity index (χ3n) is 4.76. The van der Waals surface area contributed by atoms with Gasteiger partial charge in [0.1, 0.15) is 5.03 Å². The molecule has 32 heavy (non-hydrogen) atoms. The van der Waals surface area contributed by atoms with Crippen molar-refractivity contribution < 1.29 is 9.59 Å². The summed E-state index contributed by atoms with van der Waals surface area (Å²) in [7, 11) is 0. The first-order chi connectivity index (χ1) is 15.6. The van der Waals surface area contributed by atoms with Crippen molar-refractivity contribution in [2.75, 3.05) is 10.6 Å². The number of amides is 2. The summed E-state index contributed by atoms with van der Waals surface area (Å²) in [6.07, 6.45) is 1.75. The van der Waals surface area contributed by atoms with Gasteiger partial charge in [-0.15, -0.1) is 0 Å². The number of hydrogen-bond donors (Lipinski definition) is 2. The van der Waals surface area contributed by atoms with Crippen LogP contribution in [0.5, 0.6) is 0 Å². The first-order valence-corrected chi connectivity index (χ1v) is 10.9. The Morgan fingerprint density at radius 3 is 2.16 bits per heavy atom. The van der Waals surface area contributed by atoms with E-state index < -0.39 is 0 Å². The summed E-state index contributed by atoms with van der Waals surface area (Å²) in [4.78, 5) is 30.5. The molecule has 4 rings (SSSR count). The van der Waals surface area contributed by atoms with Crippen LogP contribution >= 0.6 is 11.8 Å². The molecule has 0 fully saturated rings. The van der Waals surface area contributed by atoms with Crippen molar-refractivity contribution in [3.8, 4) is 0 Å². The summed E-state index contributed by atoms with van der Waals surface area (Å²) in [5.41, 5.74) is 3.28. The summed E-state index contributed by atoms with van der Waals surface area (Å²) in [5, 5.41) is 6.71. The standard InChI is InChI=1S/C26H21N3O2S/c1-18-10-13-21(28-25(30)19-7-3-2-4-8-19)17-23(18)29-26(31)20-11-14-22(15-12-20)32-24-9-5-6-16-27-24/h2-17H,1H3,(H,28,30)(H,29,31). The van der Waals surface area contributed by atoms with Gasteiger partial charge in [0.15, 0.2) is 0 Å². The second-order valence-electron chi connectivity index (χ2n) is 7.10. The molecule has 6 heteroatoms. The minimum atomic E-state index is -0.214. The van der Waals surface area contributed by atoms with Crippen LogP contribution in [-0.4, -0.2) is 16.8 Å². The molecule has 5 nitrogen and oxygen atoms in total. The molecule has 2 N–H and O–H groups in total. The van der Waals surface area contributed by atoms with Gasteiger partial charge in [-0.25, -0.2) is 4.98 Å². The number of benzene rings is 3. The van der Waals surface area contributed by atoms with Gasteiger partial charge in [0, 0.05) is 33.6 Å². The summed E-state index contributed by atoms with van der Waals surface area (Å²) in [6.45, 7) is 1.91. The number of carbonyl (C=O) groups excluding carboxylic acids is 2. The number of hydrogen-bond acceptors (Lipinski definition) is 4. The molecule has 1 heterocycles. The maximum Gasteiger partial charge on any atom is 0.255 e. The van der Waals surface area contributed by atoms with Gasteiger partial charge in [-0.2, -0.15) is 0 Å². The molecule has 0 atom stereocenters. The first-order valence-electron chi connectivity index (χ1n) is 10.1. The normalized spacial score (nSPS) is 10.4. The second-order valence-corrected chi connectivity index (χ2v) is 8.19. The van der Waals surface area contributed by atoms with Crippen molar-refractivity contribution in [3.63, 3.8) is 0 Å². The van der Waals surface area contributed by atoms with Gasteiger partial charge in [0.25, 0.3) is 11.8 Å². The van der Waals surface area contributed by atoms with Gasteiger partial charge in [-0.3, -0.25) is 9.59 Å². The smallest absolute Gasteiger partial charge is 0.255 e. The molecule has 0 aliphatic heterocycles. The summed E-state index contributed by atoms with van der Waals surface area (Å²) < 4.78 is 0. The Hall–Kier alpha value is -3.90. The van der Waals surface area contributed by atoms with Crippen LogP contribution in [0.3, 0.4) is 0 Å². The monoisotopic (exact) mass is 439 g/mol. The zero-order valence-electron chi connectivity index (χ0n) is 17.4. The van der Waals surface area contributed by atoms with Crippen molar-refractivity contribution in [3.05, 3.63) is 114 Å². The molecule has 0 aliphatic rings. The number of rotatable bonds is 6. The quantitative estimate of drug-likeness (QED) is 0.384. The summed E-state index contributed by atoms with van der Waals surface area (Å²) >= 11 is 1.54. The highest BCUT2D eigenvalue weighted by Crippen LogP contribution is 2.26. The van der Waals surface area contributed by atoms with Gasteiger partial charge in [0.05, 0.1) is 0 Å². The number of aromatic nitrogens is 1. The van der Waals surface area contributed by atoms with E-state index in [0.717, 1.165) is 15.5 Å². The number of anilines is 2. The van der Waals surface area contributed by atoms with Crippen LogP contribution in [0.1, 0.15) is 26.3 Å². The Morgan fingerprint density at radius 2 is 1.44 bits per heavy atom. The number of carbonyl (C=O) groups is 2. The molecule has 3 aromatic carbocycles. The predicted molar refractivity (Wildman–Crippen MR) is 128 cm³/mol. The highest BCUT2D eigenvalue weighted by atomic mass is 32.2. The maximum atomic E-state index is 12.8. The van der Waals surface area contributed by atoms with Gasteiger partial charge in [-0.1, -0.05) is 42.1 Å². The van der Waals surface area contributed by atoms with Crippen LogP contribution in [0.4, 0.5) is 11.4 Å². The fourth-order valence-electron chi connectivity index (χ4n) is 3.02. The predicted octanol–water partition coefficient (Wildman–Crippen LogP) is 6.05. The summed E-state index contributed by atoms with van der Waals surface area (Å²) in [5.74, 6) is -0.415. The van der Waals surface area contributed by atoms with E-state index >= 15 is 0 Å². The first kappa shape index (κ1) is 21.3. The molecule has 0 saturated carbocycles. The number of nitrogens with zero attached hydrogens (tertiary/aromatic N) is 1. The average molecular weight is 440 g/mol. The Morgan fingerprint density at radius 1 is 0.750 bits per heavy atom. The molecule has 0 radical (unpaired) electrons. The average Bonchev–Trinajstić information content (AvgIpc) is 2.83. The minimum absolute atomic E-state index is 0.201. The zero-order chi connectivity index (χ0) is 22.3.